The molecular formula is C24H21N5O2. The molecule has 0 spiro atoms. The van der Waals surface area contributed by atoms with Crippen molar-refractivity contribution in [2.24, 2.45) is 7.05 Å². The van der Waals surface area contributed by atoms with Gasteiger partial charge in [0.2, 0.25) is 0 Å². The highest BCUT2D eigenvalue weighted by atomic mass is 16.4. The maximum Gasteiger partial charge on any atom is 0.268 e. The molecule has 31 heavy (non-hydrogen) atoms. The molecule has 0 aliphatic heterocycles. The molecule has 7 nitrogen and oxygen atoms in total. The Morgan fingerprint density at radius 1 is 1.06 bits per heavy atom. The molecule has 0 fully saturated rings. The maximum absolute atomic E-state index is 13.1. The molecule has 0 atom stereocenters. The molecule has 5 aromatic rings. The van der Waals surface area contributed by atoms with E-state index in [-0.39, 0.29) is 11.7 Å². The van der Waals surface area contributed by atoms with Crippen molar-refractivity contribution in [3.8, 4) is 11.1 Å². The number of hydrogen-bond donors (Lipinski definition) is 0. The van der Waals surface area contributed by atoms with Crippen molar-refractivity contribution in [1.29, 1.82) is 0 Å². The molecule has 0 amide bonds. The molecule has 1 aromatic carbocycles. The number of hydrogen-bond acceptors (Lipinski definition) is 5. The van der Waals surface area contributed by atoms with E-state index in [9.17, 15) is 4.79 Å². The predicted octanol–water partition coefficient (Wildman–Crippen LogP) is 4.32. The highest BCUT2D eigenvalue weighted by molar-refractivity contribution is 6.13. The summed E-state index contributed by atoms with van der Waals surface area (Å²) in [6, 6.07) is 12.2. The van der Waals surface area contributed by atoms with Gasteiger partial charge in [0, 0.05) is 37.7 Å². The molecule has 0 radical (unpaired) electrons. The first-order chi connectivity index (χ1) is 15.0. The monoisotopic (exact) mass is 411 g/mol. The quantitative estimate of drug-likeness (QED) is 0.403. The lowest BCUT2D eigenvalue weighted by Gasteiger charge is -2.06. The third kappa shape index (κ3) is 3.44. The van der Waals surface area contributed by atoms with Crippen LogP contribution in [0.5, 0.6) is 0 Å². The van der Waals surface area contributed by atoms with Crippen LogP contribution in [0.3, 0.4) is 0 Å². The number of benzene rings is 1. The van der Waals surface area contributed by atoms with Gasteiger partial charge in [0.05, 0.1) is 28.5 Å². The normalized spacial score (nSPS) is 11.3. The SMILES string of the molecule is Cc1nc(C(=O)c2cn(Cc3ccc(-c4cnn(C)c4)cc3)c3cccnc23)oc1C. The minimum absolute atomic E-state index is 0.0977. The van der Waals surface area contributed by atoms with Crippen molar-refractivity contribution in [2.45, 2.75) is 20.4 Å². The molecule has 0 N–H and O–H groups in total. The number of pyridine rings is 1. The van der Waals surface area contributed by atoms with E-state index in [1.807, 2.05) is 49.3 Å². The number of fused-ring (bicyclic) bond motifs is 1. The summed E-state index contributed by atoms with van der Waals surface area (Å²) >= 11 is 0. The Balaban J connectivity index is 1.48. The van der Waals surface area contributed by atoms with Crippen LogP contribution in [-0.2, 0) is 13.6 Å². The van der Waals surface area contributed by atoms with Gasteiger partial charge in [-0.25, -0.2) is 4.98 Å². The van der Waals surface area contributed by atoms with Crippen LogP contribution in [0.15, 0.2) is 65.6 Å². The van der Waals surface area contributed by atoms with Crippen molar-refractivity contribution in [2.75, 3.05) is 0 Å². The largest absolute Gasteiger partial charge is 0.439 e. The van der Waals surface area contributed by atoms with Crippen molar-refractivity contribution in [3.63, 3.8) is 0 Å². The summed E-state index contributed by atoms with van der Waals surface area (Å²) < 4.78 is 9.39. The molecule has 0 aliphatic rings. The summed E-state index contributed by atoms with van der Waals surface area (Å²) in [5.74, 6) is 0.486. The zero-order valence-electron chi connectivity index (χ0n) is 17.5. The van der Waals surface area contributed by atoms with Crippen LogP contribution in [-0.4, -0.2) is 30.1 Å². The predicted molar refractivity (Wildman–Crippen MR) is 117 cm³/mol. The van der Waals surface area contributed by atoms with Gasteiger partial charge in [-0.3, -0.25) is 14.5 Å². The number of ketones is 1. The topological polar surface area (TPSA) is 78.7 Å². The first kappa shape index (κ1) is 19.0. The summed E-state index contributed by atoms with van der Waals surface area (Å²) in [6.07, 6.45) is 7.37. The van der Waals surface area contributed by atoms with Crippen LogP contribution in [0.25, 0.3) is 22.2 Å². The molecular weight excluding hydrogens is 390 g/mol. The Morgan fingerprint density at radius 3 is 2.55 bits per heavy atom. The van der Waals surface area contributed by atoms with Crippen molar-refractivity contribution < 1.29 is 9.21 Å². The second-order valence-electron chi connectivity index (χ2n) is 7.63. The van der Waals surface area contributed by atoms with Gasteiger partial charge in [-0.15, -0.1) is 0 Å². The van der Waals surface area contributed by atoms with E-state index in [1.165, 1.54) is 0 Å². The standard InChI is InChI=1S/C24H21N5O2/c1-15-16(2)31-24(27-15)23(30)20-14-29(21-5-4-10-25-22(20)21)12-17-6-8-18(9-7-17)19-11-26-28(3)13-19/h4-11,13-14H,12H2,1-3H3. The molecule has 0 saturated heterocycles. The Labute approximate surface area is 179 Å². The van der Waals surface area contributed by atoms with Gasteiger partial charge in [0.15, 0.2) is 0 Å². The Hall–Kier alpha value is -4.00. The molecule has 5 rings (SSSR count). The van der Waals surface area contributed by atoms with E-state index in [0.29, 0.717) is 29.1 Å². The van der Waals surface area contributed by atoms with Gasteiger partial charge >= 0.3 is 0 Å². The van der Waals surface area contributed by atoms with Crippen LogP contribution in [0.1, 0.15) is 33.3 Å². The lowest BCUT2D eigenvalue weighted by molar-refractivity contribution is 0.100. The Bertz CT molecular complexity index is 1390. The number of aromatic nitrogens is 5. The van der Waals surface area contributed by atoms with Gasteiger partial charge in [-0.05, 0) is 37.1 Å². The fourth-order valence-corrected chi connectivity index (χ4v) is 3.67. The lowest BCUT2D eigenvalue weighted by Crippen LogP contribution is -2.02. The third-order valence-corrected chi connectivity index (χ3v) is 5.45. The number of aryl methyl sites for hydroxylation is 3. The van der Waals surface area contributed by atoms with Crippen LogP contribution in [0.2, 0.25) is 0 Å². The van der Waals surface area contributed by atoms with Gasteiger partial charge in [0.25, 0.3) is 11.7 Å². The molecule has 0 saturated carbocycles. The van der Waals surface area contributed by atoms with E-state index >= 15 is 0 Å². The van der Waals surface area contributed by atoms with Gasteiger partial charge in [0.1, 0.15) is 5.76 Å². The van der Waals surface area contributed by atoms with E-state index in [2.05, 4.69) is 39.3 Å². The summed E-state index contributed by atoms with van der Waals surface area (Å²) in [5.41, 5.74) is 6.05. The van der Waals surface area contributed by atoms with Gasteiger partial charge in [-0.2, -0.15) is 5.10 Å². The first-order valence-electron chi connectivity index (χ1n) is 10.00. The average Bonchev–Trinajstić information content (AvgIpc) is 3.46. The van der Waals surface area contributed by atoms with E-state index in [4.69, 9.17) is 4.42 Å². The van der Waals surface area contributed by atoms with Gasteiger partial charge < -0.3 is 8.98 Å². The summed E-state index contributed by atoms with van der Waals surface area (Å²) in [5, 5.41) is 4.23. The van der Waals surface area contributed by atoms with E-state index in [1.54, 1.807) is 17.8 Å². The number of nitrogens with zero attached hydrogens (tertiary/aromatic N) is 5. The van der Waals surface area contributed by atoms with Crippen LogP contribution >= 0.6 is 0 Å². The van der Waals surface area contributed by atoms with Crippen LogP contribution in [0.4, 0.5) is 0 Å². The van der Waals surface area contributed by atoms with Crippen molar-refractivity contribution >= 4 is 16.8 Å². The Kier molecular flexibility index (Phi) is 4.51. The number of carbonyl (C=O) groups is 1. The van der Waals surface area contributed by atoms with Gasteiger partial charge in [-0.1, -0.05) is 24.3 Å². The molecule has 0 bridgehead atoms. The lowest BCUT2D eigenvalue weighted by atomic mass is 10.1. The zero-order valence-corrected chi connectivity index (χ0v) is 17.5. The zero-order chi connectivity index (χ0) is 21.5. The minimum Gasteiger partial charge on any atom is -0.439 e. The third-order valence-electron chi connectivity index (χ3n) is 5.45. The second-order valence-corrected chi connectivity index (χ2v) is 7.63. The smallest absolute Gasteiger partial charge is 0.268 e. The highest BCUT2D eigenvalue weighted by Crippen LogP contribution is 2.25. The number of oxazole rings is 1. The summed E-state index contributed by atoms with van der Waals surface area (Å²) in [4.78, 5) is 21.8. The van der Waals surface area contributed by atoms with Crippen LogP contribution in [0, 0.1) is 13.8 Å². The summed E-state index contributed by atoms with van der Waals surface area (Å²) in [6.45, 7) is 4.24. The fraction of sp³-hybridized carbons (Fsp3) is 0.167. The van der Waals surface area contributed by atoms with Crippen molar-refractivity contribution in [3.05, 3.63) is 89.7 Å². The van der Waals surface area contributed by atoms with E-state index < -0.39 is 0 Å². The molecule has 4 heterocycles. The highest BCUT2D eigenvalue weighted by Gasteiger charge is 2.22. The molecule has 7 heteroatoms. The Morgan fingerprint density at radius 2 is 1.87 bits per heavy atom. The number of rotatable bonds is 5. The maximum atomic E-state index is 13.1. The average molecular weight is 411 g/mol. The van der Waals surface area contributed by atoms with E-state index in [0.717, 1.165) is 22.2 Å². The molecule has 4 aromatic heterocycles. The molecule has 154 valence electrons. The molecule has 0 aliphatic carbocycles. The number of carbonyl (C=O) groups excluding carboxylic acids is 1. The second kappa shape index (κ2) is 7.36. The minimum atomic E-state index is -0.259. The molecule has 0 unspecified atom stereocenters. The first-order valence-corrected chi connectivity index (χ1v) is 10.00. The fourth-order valence-electron chi connectivity index (χ4n) is 3.67. The summed E-state index contributed by atoms with van der Waals surface area (Å²) in [7, 11) is 1.91. The van der Waals surface area contributed by atoms with Crippen LogP contribution < -0.4 is 0 Å². The van der Waals surface area contributed by atoms with Crippen molar-refractivity contribution in [1.82, 2.24) is 24.3 Å².